The maximum Gasteiger partial charge on any atom is 0.150 e. The minimum Gasteiger partial charge on any atom is -0.330 e. The largest absolute Gasteiger partial charge is 0.330 e. The van der Waals surface area contributed by atoms with Gasteiger partial charge in [-0.3, -0.25) is 0 Å². The van der Waals surface area contributed by atoms with Crippen molar-refractivity contribution in [1.29, 1.82) is 0 Å². The van der Waals surface area contributed by atoms with E-state index in [2.05, 4.69) is 6.92 Å². The van der Waals surface area contributed by atoms with Crippen molar-refractivity contribution in [3.05, 3.63) is 0 Å². The summed E-state index contributed by atoms with van der Waals surface area (Å²) in [5, 5.41) is 0. The minimum absolute atomic E-state index is 0.189. The second-order valence-corrected chi connectivity index (χ2v) is 5.60. The van der Waals surface area contributed by atoms with Crippen molar-refractivity contribution in [3.63, 3.8) is 0 Å². The van der Waals surface area contributed by atoms with Crippen LogP contribution < -0.4 is 5.73 Å². The van der Waals surface area contributed by atoms with E-state index in [4.69, 9.17) is 5.73 Å². The van der Waals surface area contributed by atoms with E-state index in [9.17, 15) is 8.42 Å². The van der Waals surface area contributed by atoms with Crippen LogP contribution in [0, 0.1) is 11.8 Å². The van der Waals surface area contributed by atoms with Gasteiger partial charge in [-0.05, 0) is 24.8 Å². The molecule has 4 heteroatoms. The lowest BCUT2D eigenvalue weighted by Crippen LogP contribution is -2.35. The quantitative estimate of drug-likeness (QED) is 0.614. The third-order valence-electron chi connectivity index (χ3n) is 2.46. The zero-order valence-electron chi connectivity index (χ0n) is 6.79. The smallest absolute Gasteiger partial charge is 0.150 e. The molecule has 2 N–H and O–H groups in total. The Morgan fingerprint density at radius 1 is 1.55 bits per heavy atom. The van der Waals surface area contributed by atoms with E-state index in [1.165, 1.54) is 0 Å². The van der Waals surface area contributed by atoms with Crippen LogP contribution in [0.3, 0.4) is 0 Å². The Balaban J connectivity index is 2.66. The summed E-state index contributed by atoms with van der Waals surface area (Å²) in [6, 6.07) is 0. The van der Waals surface area contributed by atoms with E-state index >= 15 is 0 Å². The SMILES string of the molecule is CC1CCS(=O)(=O)CC1CN. The summed E-state index contributed by atoms with van der Waals surface area (Å²) in [6.07, 6.45) is 0.782. The second kappa shape index (κ2) is 3.11. The summed E-state index contributed by atoms with van der Waals surface area (Å²) in [5.41, 5.74) is 5.45. The van der Waals surface area contributed by atoms with Gasteiger partial charge in [0, 0.05) is 0 Å². The van der Waals surface area contributed by atoms with Gasteiger partial charge in [-0.25, -0.2) is 8.42 Å². The fraction of sp³-hybridized carbons (Fsp3) is 1.00. The second-order valence-electron chi connectivity index (χ2n) is 3.38. The lowest BCUT2D eigenvalue weighted by molar-refractivity contribution is 0.369. The van der Waals surface area contributed by atoms with Crippen molar-refractivity contribution in [1.82, 2.24) is 0 Å². The molecule has 2 atom stereocenters. The summed E-state index contributed by atoms with van der Waals surface area (Å²) < 4.78 is 22.2. The molecule has 66 valence electrons. The van der Waals surface area contributed by atoms with Crippen LogP contribution in [0.5, 0.6) is 0 Å². The molecule has 0 aromatic heterocycles. The van der Waals surface area contributed by atoms with Crippen LogP contribution in [0.25, 0.3) is 0 Å². The van der Waals surface area contributed by atoms with Gasteiger partial charge in [0.15, 0.2) is 9.84 Å². The third kappa shape index (κ3) is 2.17. The highest BCUT2D eigenvalue weighted by atomic mass is 32.2. The van der Waals surface area contributed by atoms with E-state index in [0.29, 0.717) is 24.0 Å². The molecule has 0 bridgehead atoms. The first-order chi connectivity index (χ1) is 5.05. The molecule has 1 aliphatic rings. The van der Waals surface area contributed by atoms with E-state index in [1.807, 2.05) is 0 Å². The van der Waals surface area contributed by atoms with Crippen LogP contribution in [0.1, 0.15) is 13.3 Å². The molecule has 2 unspecified atom stereocenters. The van der Waals surface area contributed by atoms with E-state index < -0.39 is 9.84 Å². The number of hydrogen-bond acceptors (Lipinski definition) is 3. The molecule has 0 aromatic carbocycles. The van der Waals surface area contributed by atoms with Crippen molar-refractivity contribution in [2.75, 3.05) is 18.1 Å². The molecule has 11 heavy (non-hydrogen) atoms. The first-order valence-corrected chi connectivity index (χ1v) is 5.78. The first kappa shape index (κ1) is 9.00. The lowest BCUT2D eigenvalue weighted by Gasteiger charge is -2.27. The van der Waals surface area contributed by atoms with Crippen molar-refractivity contribution in [2.45, 2.75) is 13.3 Å². The number of rotatable bonds is 1. The zero-order valence-corrected chi connectivity index (χ0v) is 7.60. The van der Waals surface area contributed by atoms with Crippen LogP contribution in [-0.2, 0) is 9.84 Å². The molecular weight excluding hydrogens is 162 g/mol. The van der Waals surface area contributed by atoms with Crippen LogP contribution in [0.2, 0.25) is 0 Å². The van der Waals surface area contributed by atoms with Crippen molar-refractivity contribution >= 4 is 9.84 Å². The summed E-state index contributed by atoms with van der Waals surface area (Å²) >= 11 is 0. The highest BCUT2D eigenvalue weighted by Gasteiger charge is 2.28. The van der Waals surface area contributed by atoms with Crippen molar-refractivity contribution in [3.8, 4) is 0 Å². The summed E-state index contributed by atoms with van der Waals surface area (Å²) in [7, 11) is -2.76. The molecule has 0 saturated carbocycles. The molecule has 1 saturated heterocycles. The number of hydrogen-bond donors (Lipinski definition) is 1. The maximum absolute atomic E-state index is 11.1. The molecule has 0 aromatic rings. The lowest BCUT2D eigenvalue weighted by atomic mass is 9.93. The maximum atomic E-state index is 11.1. The summed E-state index contributed by atoms with van der Waals surface area (Å²) in [4.78, 5) is 0. The Morgan fingerprint density at radius 2 is 2.18 bits per heavy atom. The van der Waals surface area contributed by atoms with Crippen molar-refractivity contribution in [2.24, 2.45) is 17.6 Å². The molecular formula is C7H15NO2S. The van der Waals surface area contributed by atoms with E-state index in [0.717, 1.165) is 6.42 Å². The predicted octanol–water partition coefficient (Wildman–Crippen LogP) is 0.0159. The molecule has 1 rings (SSSR count). The van der Waals surface area contributed by atoms with Crippen molar-refractivity contribution < 1.29 is 8.42 Å². The Morgan fingerprint density at radius 3 is 2.64 bits per heavy atom. The minimum atomic E-state index is -2.76. The molecule has 1 heterocycles. The molecule has 0 spiro atoms. The Bertz CT molecular complexity index is 223. The monoisotopic (exact) mass is 177 g/mol. The molecule has 0 amide bonds. The Hall–Kier alpha value is -0.0900. The van der Waals surface area contributed by atoms with Crippen LogP contribution in [-0.4, -0.2) is 26.5 Å². The molecule has 0 radical (unpaired) electrons. The molecule has 0 aliphatic carbocycles. The van der Waals surface area contributed by atoms with Gasteiger partial charge in [-0.2, -0.15) is 0 Å². The van der Waals surface area contributed by atoms with Gasteiger partial charge in [0.05, 0.1) is 11.5 Å². The zero-order chi connectivity index (χ0) is 8.48. The van der Waals surface area contributed by atoms with Gasteiger partial charge in [-0.15, -0.1) is 0 Å². The van der Waals surface area contributed by atoms with Gasteiger partial charge in [0.1, 0.15) is 0 Å². The van der Waals surface area contributed by atoms with Crippen LogP contribution in [0.4, 0.5) is 0 Å². The Labute approximate surface area is 67.9 Å². The van der Waals surface area contributed by atoms with Gasteiger partial charge < -0.3 is 5.73 Å². The fourth-order valence-corrected chi connectivity index (χ4v) is 3.49. The number of sulfone groups is 1. The highest BCUT2D eigenvalue weighted by Crippen LogP contribution is 2.23. The highest BCUT2D eigenvalue weighted by molar-refractivity contribution is 7.91. The van der Waals surface area contributed by atoms with Gasteiger partial charge in [0.2, 0.25) is 0 Å². The molecule has 1 aliphatic heterocycles. The molecule has 1 fully saturated rings. The van der Waals surface area contributed by atoms with Gasteiger partial charge >= 0.3 is 0 Å². The average molecular weight is 177 g/mol. The Kier molecular flexibility index (Phi) is 2.54. The number of nitrogens with two attached hydrogens (primary N) is 1. The third-order valence-corrected chi connectivity index (χ3v) is 4.25. The summed E-state index contributed by atoms with van der Waals surface area (Å²) in [5.74, 6) is 1.31. The van der Waals surface area contributed by atoms with E-state index in [-0.39, 0.29) is 5.92 Å². The molecule has 3 nitrogen and oxygen atoms in total. The topological polar surface area (TPSA) is 60.2 Å². The van der Waals surface area contributed by atoms with Gasteiger partial charge in [0.25, 0.3) is 0 Å². The predicted molar refractivity (Wildman–Crippen MR) is 45.0 cm³/mol. The standard InChI is InChI=1S/C7H15NO2S/c1-6-2-3-11(9,10)5-7(6)4-8/h6-7H,2-5,8H2,1H3. The first-order valence-electron chi connectivity index (χ1n) is 3.95. The van der Waals surface area contributed by atoms with E-state index in [1.54, 1.807) is 0 Å². The van der Waals surface area contributed by atoms with Crippen LogP contribution >= 0.6 is 0 Å². The summed E-state index contributed by atoms with van der Waals surface area (Å²) in [6.45, 7) is 2.58. The fourth-order valence-electron chi connectivity index (χ4n) is 1.48. The van der Waals surface area contributed by atoms with Crippen LogP contribution in [0.15, 0.2) is 0 Å². The van der Waals surface area contributed by atoms with Gasteiger partial charge in [-0.1, -0.05) is 6.92 Å². The normalized spacial score (nSPS) is 36.9. The average Bonchev–Trinajstić information content (AvgIpc) is 1.94.